The van der Waals surface area contributed by atoms with Crippen LogP contribution in [0.3, 0.4) is 0 Å². The molecule has 114 valence electrons. The predicted octanol–water partition coefficient (Wildman–Crippen LogP) is 1.43. The molecule has 3 aliphatic rings. The molecule has 3 N–H and O–H groups in total. The van der Waals surface area contributed by atoms with Gasteiger partial charge in [-0.15, -0.1) is 0 Å². The first-order valence-electron chi connectivity index (χ1n) is 8.39. The molecule has 20 heavy (non-hydrogen) atoms. The van der Waals surface area contributed by atoms with Crippen LogP contribution >= 0.6 is 0 Å². The number of hydrogen-bond donors (Lipinski definition) is 3. The zero-order valence-electron chi connectivity index (χ0n) is 12.4. The van der Waals surface area contributed by atoms with Gasteiger partial charge >= 0.3 is 0 Å². The molecule has 2 aliphatic carbocycles. The Bertz CT molecular complexity index is 360. The summed E-state index contributed by atoms with van der Waals surface area (Å²) in [6.07, 6.45) is 8.71. The van der Waals surface area contributed by atoms with Gasteiger partial charge in [-0.05, 0) is 38.1 Å². The Morgan fingerprint density at radius 2 is 2.00 bits per heavy atom. The monoisotopic (exact) mass is 280 g/mol. The van der Waals surface area contributed by atoms with Crippen molar-refractivity contribution in [1.29, 1.82) is 0 Å². The number of nitrogens with one attached hydrogen (secondary N) is 2. The molecule has 0 radical (unpaired) electrons. The molecule has 2 saturated carbocycles. The Morgan fingerprint density at radius 1 is 1.20 bits per heavy atom. The van der Waals surface area contributed by atoms with E-state index in [0.717, 1.165) is 38.8 Å². The van der Waals surface area contributed by atoms with Gasteiger partial charge in [-0.25, -0.2) is 0 Å². The molecule has 3 fully saturated rings. The standard InChI is InChI=1S/C16H28N2O2/c19-14-7-2-1-5-12(14)9-18-15(20)16-8-4-3-6-13(16)10-17-11-16/h12-14,17,19H,1-11H2,(H,18,20)/t12?,13-,14?,16+/m0/s1. The van der Waals surface area contributed by atoms with Gasteiger partial charge in [0.2, 0.25) is 5.91 Å². The third-order valence-corrected chi connectivity index (χ3v) is 5.88. The van der Waals surface area contributed by atoms with Gasteiger partial charge in [0.1, 0.15) is 0 Å². The van der Waals surface area contributed by atoms with Gasteiger partial charge in [0.25, 0.3) is 0 Å². The van der Waals surface area contributed by atoms with E-state index in [1.165, 1.54) is 25.7 Å². The van der Waals surface area contributed by atoms with Crippen LogP contribution < -0.4 is 10.6 Å². The SMILES string of the molecule is O=C(NCC1CCCCC1O)[C@@]12CCCC[C@H]1CNC2. The van der Waals surface area contributed by atoms with Crippen LogP contribution in [0.4, 0.5) is 0 Å². The lowest BCUT2D eigenvalue weighted by molar-refractivity contribution is -0.134. The molecule has 0 aromatic rings. The predicted molar refractivity (Wildman–Crippen MR) is 78.2 cm³/mol. The van der Waals surface area contributed by atoms with E-state index < -0.39 is 0 Å². The van der Waals surface area contributed by atoms with Crippen LogP contribution in [-0.4, -0.2) is 36.8 Å². The Hall–Kier alpha value is -0.610. The third-order valence-electron chi connectivity index (χ3n) is 5.88. The van der Waals surface area contributed by atoms with Crippen molar-refractivity contribution in [1.82, 2.24) is 10.6 Å². The molecule has 0 aromatic carbocycles. The highest BCUT2D eigenvalue weighted by atomic mass is 16.3. The second-order valence-corrected chi connectivity index (χ2v) is 7.05. The summed E-state index contributed by atoms with van der Waals surface area (Å²) in [5.74, 6) is 1.03. The fraction of sp³-hybridized carbons (Fsp3) is 0.938. The molecule has 0 bridgehead atoms. The van der Waals surface area contributed by atoms with E-state index in [0.29, 0.717) is 12.5 Å². The lowest BCUT2D eigenvalue weighted by atomic mass is 9.67. The number of aliphatic hydroxyl groups is 1. The molecule has 2 unspecified atom stereocenters. The van der Waals surface area contributed by atoms with E-state index in [9.17, 15) is 9.90 Å². The maximum atomic E-state index is 12.7. The highest BCUT2D eigenvalue weighted by molar-refractivity contribution is 5.83. The van der Waals surface area contributed by atoms with E-state index in [4.69, 9.17) is 0 Å². The molecule has 1 saturated heterocycles. The van der Waals surface area contributed by atoms with Crippen molar-refractivity contribution >= 4 is 5.91 Å². The summed E-state index contributed by atoms with van der Waals surface area (Å²) >= 11 is 0. The van der Waals surface area contributed by atoms with Crippen molar-refractivity contribution in [2.75, 3.05) is 19.6 Å². The number of hydrogen-bond acceptors (Lipinski definition) is 3. The minimum Gasteiger partial charge on any atom is -0.393 e. The van der Waals surface area contributed by atoms with E-state index >= 15 is 0 Å². The summed E-state index contributed by atoms with van der Waals surface area (Å²) in [5, 5.41) is 16.6. The van der Waals surface area contributed by atoms with Crippen LogP contribution in [0.2, 0.25) is 0 Å². The lowest BCUT2D eigenvalue weighted by Crippen LogP contribution is -2.49. The highest BCUT2D eigenvalue weighted by Gasteiger charge is 2.49. The highest BCUT2D eigenvalue weighted by Crippen LogP contribution is 2.43. The summed E-state index contributed by atoms with van der Waals surface area (Å²) in [6, 6.07) is 0. The second kappa shape index (κ2) is 6.02. The third kappa shape index (κ3) is 2.60. The molecule has 4 nitrogen and oxygen atoms in total. The fourth-order valence-electron chi connectivity index (χ4n) is 4.52. The molecule has 4 heteroatoms. The van der Waals surface area contributed by atoms with E-state index in [1.54, 1.807) is 0 Å². The maximum Gasteiger partial charge on any atom is 0.227 e. The zero-order chi connectivity index (χ0) is 14.0. The average Bonchev–Trinajstić information content (AvgIpc) is 2.91. The van der Waals surface area contributed by atoms with Crippen LogP contribution in [-0.2, 0) is 4.79 Å². The molecule has 4 atom stereocenters. The van der Waals surface area contributed by atoms with E-state index in [2.05, 4.69) is 10.6 Å². The van der Waals surface area contributed by atoms with Crippen molar-refractivity contribution in [2.24, 2.45) is 17.3 Å². The number of aliphatic hydroxyl groups excluding tert-OH is 1. The van der Waals surface area contributed by atoms with Crippen molar-refractivity contribution < 1.29 is 9.90 Å². The summed E-state index contributed by atoms with van der Waals surface area (Å²) in [5.41, 5.74) is -0.155. The van der Waals surface area contributed by atoms with Gasteiger partial charge in [0, 0.05) is 19.0 Å². The number of fused-ring (bicyclic) bond motifs is 1. The summed E-state index contributed by atoms with van der Waals surface area (Å²) in [7, 11) is 0. The van der Waals surface area contributed by atoms with Gasteiger partial charge in [0.15, 0.2) is 0 Å². The number of carbonyl (C=O) groups excluding carboxylic acids is 1. The first-order valence-corrected chi connectivity index (χ1v) is 8.39. The molecule has 1 amide bonds. The van der Waals surface area contributed by atoms with Crippen LogP contribution in [0, 0.1) is 17.3 Å². The Morgan fingerprint density at radius 3 is 2.85 bits per heavy atom. The van der Waals surface area contributed by atoms with E-state index in [-0.39, 0.29) is 23.3 Å². The Balaban J connectivity index is 1.58. The molecular weight excluding hydrogens is 252 g/mol. The maximum absolute atomic E-state index is 12.7. The number of rotatable bonds is 3. The quantitative estimate of drug-likeness (QED) is 0.733. The van der Waals surface area contributed by atoms with Crippen LogP contribution in [0.25, 0.3) is 0 Å². The van der Waals surface area contributed by atoms with Gasteiger partial charge in [-0.3, -0.25) is 4.79 Å². The average molecular weight is 280 g/mol. The smallest absolute Gasteiger partial charge is 0.227 e. The second-order valence-electron chi connectivity index (χ2n) is 7.05. The molecule has 0 spiro atoms. The van der Waals surface area contributed by atoms with Crippen molar-refractivity contribution in [2.45, 2.75) is 57.5 Å². The number of carbonyl (C=O) groups is 1. The van der Waals surface area contributed by atoms with Crippen LogP contribution in [0.1, 0.15) is 51.4 Å². The first-order chi connectivity index (χ1) is 9.72. The van der Waals surface area contributed by atoms with Gasteiger partial charge < -0.3 is 15.7 Å². The van der Waals surface area contributed by atoms with Gasteiger partial charge in [-0.2, -0.15) is 0 Å². The van der Waals surface area contributed by atoms with Crippen LogP contribution in [0.5, 0.6) is 0 Å². The van der Waals surface area contributed by atoms with Crippen molar-refractivity contribution in [3.05, 3.63) is 0 Å². The zero-order valence-corrected chi connectivity index (χ0v) is 12.4. The normalized spacial score (nSPS) is 41.1. The minimum absolute atomic E-state index is 0.155. The largest absolute Gasteiger partial charge is 0.393 e. The first kappa shape index (κ1) is 14.3. The molecule has 3 rings (SSSR count). The van der Waals surface area contributed by atoms with Gasteiger partial charge in [-0.1, -0.05) is 25.7 Å². The Labute approximate surface area is 121 Å². The summed E-state index contributed by atoms with van der Waals surface area (Å²) < 4.78 is 0. The lowest BCUT2D eigenvalue weighted by Gasteiger charge is -2.38. The number of amides is 1. The molecule has 0 aromatic heterocycles. The Kier molecular flexibility index (Phi) is 4.32. The van der Waals surface area contributed by atoms with Crippen molar-refractivity contribution in [3.8, 4) is 0 Å². The minimum atomic E-state index is -0.217. The van der Waals surface area contributed by atoms with Crippen LogP contribution in [0.15, 0.2) is 0 Å². The molecule has 1 aliphatic heterocycles. The summed E-state index contributed by atoms with van der Waals surface area (Å²) in [4.78, 5) is 12.7. The van der Waals surface area contributed by atoms with Gasteiger partial charge in [0.05, 0.1) is 11.5 Å². The topological polar surface area (TPSA) is 61.4 Å². The molecule has 1 heterocycles. The van der Waals surface area contributed by atoms with E-state index in [1.807, 2.05) is 0 Å². The van der Waals surface area contributed by atoms with Crippen molar-refractivity contribution in [3.63, 3.8) is 0 Å². The summed E-state index contributed by atoms with van der Waals surface area (Å²) in [6.45, 7) is 2.50. The fourth-order valence-corrected chi connectivity index (χ4v) is 4.52. The molecular formula is C16H28N2O2.